The van der Waals surface area contributed by atoms with Gasteiger partial charge in [-0.2, -0.15) is 0 Å². The summed E-state index contributed by atoms with van der Waals surface area (Å²) in [5.74, 6) is -1.37. The highest BCUT2D eigenvalue weighted by Gasteiger charge is 2.47. The predicted molar refractivity (Wildman–Crippen MR) is 188 cm³/mol. The Morgan fingerprint density at radius 1 is 1.04 bits per heavy atom. The normalized spacial score (nSPS) is 21.4. The van der Waals surface area contributed by atoms with Crippen molar-refractivity contribution in [2.75, 3.05) is 43.5 Å². The second-order valence-electron chi connectivity index (χ2n) is 12.7. The minimum absolute atomic E-state index is 0.0254. The molecule has 0 bridgehead atoms. The second kappa shape index (κ2) is 19.1. The number of para-hydroxylation sites is 1. The summed E-state index contributed by atoms with van der Waals surface area (Å²) in [6, 6.07) is 6.50. The lowest BCUT2D eigenvalue weighted by atomic mass is 9.87. The van der Waals surface area contributed by atoms with Crippen LogP contribution in [0.4, 0.5) is 11.5 Å². The van der Waals surface area contributed by atoms with Gasteiger partial charge in [0.2, 0.25) is 16.9 Å². The van der Waals surface area contributed by atoms with Crippen LogP contribution in [0.3, 0.4) is 0 Å². The third-order valence-electron chi connectivity index (χ3n) is 7.89. The van der Waals surface area contributed by atoms with Crippen molar-refractivity contribution in [1.82, 2.24) is 30.2 Å². The Hall–Kier alpha value is -3.42. The van der Waals surface area contributed by atoms with E-state index in [1.54, 1.807) is 24.3 Å². The summed E-state index contributed by atoms with van der Waals surface area (Å²) in [7, 11) is -17.6. The molecule has 8 N–H and O–H groups in total. The molecular formula is C28H37N8O17P3S-4. The molecule has 0 saturated carbocycles. The molecule has 0 spiro atoms. The number of rotatable bonds is 20. The molecule has 1 aliphatic heterocycles. The molecule has 2 aromatic heterocycles. The van der Waals surface area contributed by atoms with E-state index in [2.05, 4.69) is 43.5 Å². The first kappa shape index (κ1) is 46.3. The summed E-state index contributed by atoms with van der Waals surface area (Å²) in [5.41, 5.74) is 10.5. The number of aliphatic hydroxyl groups excluding tert-OH is 2. The van der Waals surface area contributed by atoms with Gasteiger partial charge in [-0.3, -0.25) is 28.1 Å². The zero-order valence-corrected chi connectivity index (χ0v) is 33.3. The highest BCUT2D eigenvalue weighted by atomic mass is 32.2. The maximum atomic E-state index is 12.5. The molecule has 316 valence electrons. The van der Waals surface area contributed by atoms with Crippen molar-refractivity contribution in [3.05, 3.63) is 42.5 Å². The number of phosphoric ester groups is 3. The number of hydrogen-bond donors (Lipinski definition) is 6. The van der Waals surface area contributed by atoms with E-state index < -0.39 is 84.6 Å². The molecular weight excluding hydrogens is 845 g/mol. The number of anilines is 2. The fourth-order valence-corrected chi connectivity index (χ4v) is 8.48. The quantitative estimate of drug-likeness (QED) is 0.0375. The van der Waals surface area contributed by atoms with Gasteiger partial charge in [0, 0.05) is 36.4 Å². The number of phosphoric acid groups is 3. The van der Waals surface area contributed by atoms with Crippen molar-refractivity contribution in [2.45, 2.75) is 50.9 Å². The summed E-state index contributed by atoms with van der Waals surface area (Å²) in [6.07, 6.45) is -7.66. The number of carbonyl (C=O) groups excluding carboxylic acids is 3. The molecule has 1 aliphatic rings. The van der Waals surface area contributed by atoms with Gasteiger partial charge in [-0.15, -0.1) is 0 Å². The molecule has 3 heterocycles. The van der Waals surface area contributed by atoms with Crippen molar-refractivity contribution in [2.24, 2.45) is 5.41 Å². The SMILES string of the molecule is CC(C)(COP(=O)([O-])OP(=O)([O-])OC[C@H]1O[C@@H](n2cnc3c(N)ncnc32)[C@H](O)[C@@H]1OP(=O)([O-])[O-])[C@@H](O)C(=O)NCCC(=O)NCCSC(=O)c1ccccc1N. The summed E-state index contributed by atoms with van der Waals surface area (Å²) >= 11 is 0.946. The van der Waals surface area contributed by atoms with Crippen LogP contribution in [0.15, 0.2) is 36.9 Å². The number of benzene rings is 1. The molecule has 4 rings (SSSR count). The van der Waals surface area contributed by atoms with Gasteiger partial charge in [0.1, 0.15) is 36.3 Å². The van der Waals surface area contributed by atoms with Crippen LogP contribution < -0.4 is 41.7 Å². The maximum absolute atomic E-state index is 12.5. The summed E-state index contributed by atoms with van der Waals surface area (Å²) in [6.45, 7) is -0.0358. The monoisotopic (exact) mass is 882 g/mol. The molecule has 7 atom stereocenters. The topological polar surface area (TPSA) is 401 Å². The molecule has 3 aromatic rings. The minimum Gasteiger partial charge on any atom is -0.790 e. The number of nitrogens with one attached hydrogen (secondary N) is 2. The van der Waals surface area contributed by atoms with E-state index in [0.29, 0.717) is 11.3 Å². The molecule has 2 unspecified atom stereocenters. The molecule has 25 nitrogen and oxygen atoms in total. The summed E-state index contributed by atoms with van der Waals surface area (Å²) in [5, 5.41) is 25.9. The number of ether oxygens (including phenoxy) is 1. The van der Waals surface area contributed by atoms with Gasteiger partial charge >= 0.3 is 0 Å². The highest BCUT2D eigenvalue weighted by Crippen LogP contribution is 2.56. The number of nitrogen functional groups attached to an aromatic ring is 2. The number of hydrogen-bond acceptors (Lipinski definition) is 23. The molecule has 0 radical (unpaired) electrons. The van der Waals surface area contributed by atoms with Gasteiger partial charge in [0.05, 0.1) is 32.9 Å². The first-order chi connectivity index (χ1) is 26.5. The van der Waals surface area contributed by atoms with Gasteiger partial charge in [-0.1, -0.05) is 37.7 Å². The Morgan fingerprint density at radius 3 is 2.40 bits per heavy atom. The lowest BCUT2D eigenvalue weighted by molar-refractivity contribution is -0.347. The standard InChI is InChI=1S/C28H41N8O17P3S/c1-28(2,22(39)25(40)32-8-7-18(37)31-9-10-57-27(41)15-5-3-4-6-16(15)29)12-50-56(47,48)53-55(45,46)49-11-17-21(52-54(42,43)44)20(38)26(51-17)36-14-35-19-23(30)33-13-34-24(19)36/h3-6,13-14,17,20-22,26,38-39H,7-12,29H2,1-2H3,(H,31,37)(H,32,40)(H,45,46)(H,47,48)(H2,30,33,34)(H2,42,43,44)/p-4/t17-,20-,21-,22+,26-/m1/s1. The van der Waals surface area contributed by atoms with Crippen LogP contribution in [0.1, 0.15) is 36.9 Å². The van der Waals surface area contributed by atoms with Crippen molar-refractivity contribution < 1.29 is 80.5 Å². The first-order valence-electron chi connectivity index (χ1n) is 16.3. The van der Waals surface area contributed by atoms with Crippen LogP contribution in [0.25, 0.3) is 11.2 Å². The lowest BCUT2D eigenvalue weighted by Gasteiger charge is -2.36. The van der Waals surface area contributed by atoms with Crippen molar-refractivity contribution in [3.8, 4) is 0 Å². The average Bonchev–Trinajstić information content (AvgIpc) is 3.68. The van der Waals surface area contributed by atoms with E-state index >= 15 is 0 Å². The van der Waals surface area contributed by atoms with Gasteiger partial charge in [-0.05, 0) is 12.1 Å². The predicted octanol–water partition coefficient (Wildman–Crippen LogP) is -2.97. The summed E-state index contributed by atoms with van der Waals surface area (Å²) in [4.78, 5) is 96.4. The largest absolute Gasteiger partial charge is 0.790 e. The van der Waals surface area contributed by atoms with E-state index in [9.17, 15) is 57.9 Å². The van der Waals surface area contributed by atoms with Crippen LogP contribution in [0, 0.1) is 5.41 Å². The maximum Gasteiger partial charge on any atom is 0.274 e. The molecule has 1 aromatic carbocycles. The molecule has 2 amide bonds. The molecule has 1 saturated heterocycles. The zero-order valence-electron chi connectivity index (χ0n) is 29.8. The van der Waals surface area contributed by atoms with Crippen molar-refractivity contribution in [3.63, 3.8) is 0 Å². The number of thioether (sulfide) groups is 1. The first-order valence-corrected chi connectivity index (χ1v) is 21.7. The van der Waals surface area contributed by atoms with E-state index in [0.717, 1.165) is 29.0 Å². The third kappa shape index (κ3) is 13.0. The average molecular weight is 883 g/mol. The fraction of sp³-hybridized carbons (Fsp3) is 0.500. The number of imidazole rings is 1. The van der Waals surface area contributed by atoms with Gasteiger partial charge in [0.25, 0.3) is 15.6 Å². The third-order valence-corrected chi connectivity index (χ3v) is 11.8. The van der Waals surface area contributed by atoms with Crippen LogP contribution in [0.5, 0.6) is 0 Å². The van der Waals surface area contributed by atoms with E-state index in [4.69, 9.17) is 16.2 Å². The van der Waals surface area contributed by atoms with Crippen molar-refractivity contribution in [1.29, 1.82) is 0 Å². The lowest BCUT2D eigenvalue weighted by Crippen LogP contribution is -2.46. The van der Waals surface area contributed by atoms with E-state index in [1.807, 2.05) is 0 Å². The van der Waals surface area contributed by atoms with Crippen LogP contribution in [-0.2, 0) is 45.9 Å². The zero-order chi connectivity index (χ0) is 42.3. The molecule has 57 heavy (non-hydrogen) atoms. The van der Waals surface area contributed by atoms with Crippen LogP contribution in [0.2, 0.25) is 0 Å². The number of carbonyl (C=O) groups is 3. The molecule has 0 aliphatic carbocycles. The van der Waals surface area contributed by atoms with Gasteiger partial charge in [0.15, 0.2) is 17.7 Å². The highest BCUT2D eigenvalue weighted by molar-refractivity contribution is 8.14. The molecule has 29 heteroatoms. The van der Waals surface area contributed by atoms with Crippen LogP contribution in [-0.4, -0.2) is 103 Å². The Bertz CT molecular complexity index is 2070. The Labute approximate surface area is 327 Å². The van der Waals surface area contributed by atoms with Crippen molar-refractivity contribution >= 4 is 74.8 Å². The summed E-state index contributed by atoms with van der Waals surface area (Å²) < 4.78 is 60.5. The van der Waals surface area contributed by atoms with Gasteiger partial charge < -0.3 is 74.8 Å². The second-order valence-corrected chi connectivity index (χ2v) is 17.8. The van der Waals surface area contributed by atoms with E-state index in [-0.39, 0.29) is 47.4 Å². The Morgan fingerprint density at radius 2 is 1.72 bits per heavy atom. The number of nitrogens with two attached hydrogens (primary N) is 2. The smallest absolute Gasteiger partial charge is 0.274 e. The van der Waals surface area contributed by atoms with E-state index in [1.165, 1.54) is 13.8 Å². The number of aromatic nitrogens is 4. The Balaban J connectivity index is 1.23. The number of fused-ring (bicyclic) bond motifs is 1. The molecule has 1 fully saturated rings. The fourth-order valence-electron chi connectivity index (χ4n) is 5.01. The van der Waals surface area contributed by atoms with Gasteiger partial charge in [-0.25, -0.2) is 19.3 Å². The minimum atomic E-state index is -5.92. The number of amides is 2. The number of aliphatic hydroxyl groups is 2. The van der Waals surface area contributed by atoms with Crippen LogP contribution >= 0.6 is 35.2 Å². The number of nitrogens with zero attached hydrogens (tertiary/aromatic N) is 4. The Kier molecular flexibility index (Phi) is 15.5.